The molecule has 1 fully saturated rings. The van der Waals surface area contributed by atoms with Gasteiger partial charge in [0.15, 0.2) is 6.29 Å². The number of hydrogen-bond acceptors (Lipinski definition) is 8. The van der Waals surface area contributed by atoms with Gasteiger partial charge in [0.05, 0.1) is 25.4 Å². The van der Waals surface area contributed by atoms with Gasteiger partial charge in [-0.05, 0) is 19.3 Å². The summed E-state index contributed by atoms with van der Waals surface area (Å²) in [6.45, 7) is 3.83. The summed E-state index contributed by atoms with van der Waals surface area (Å²) in [7, 11) is 0. The molecule has 0 aromatic carbocycles. The highest BCUT2D eigenvalue weighted by molar-refractivity contribution is 5.76. The molecule has 2 unspecified atom stereocenters. The Bertz CT molecular complexity index is 1190. The minimum Gasteiger partial charge on any atom is -0.394 e. The molecule has 6 N–H and O–H groups in total. The molecular formula is C66H129NO8. The molecule has 1 saturated heterocycles. The van der Waals surface area contributed by atoms with Crippen LogP contribution in [0.1, 0.15) is 348 Å². The first-order chi connectivity index (χ1) is 36.8. The van der Waals surface area contributed by atoms with Crippen molar-refractivity contribution in [2.75, 3.05) is 13.2 Å². The third-order valence-corrected chi connectivity index (χ3v) is 16.4. The van der Waals surface area contributed by atoms with Crippen LogP contribution in [0, 0.1) is 0 Å². The summed E-state index contributed by atoms with van der Waals surface area (Å²) >= 11 is 0. The highest BCUT2D eigenvalue weighted by atomic mass is 16.7. The first kappa shape index (κ1) is 71.9. The summed E-state index contributed by atoms with van der Waals surface area (Å²) in [6, 6.07) is -0.801. The minimum absolute atomic E-state index is 0.168. The van der Waals surface area contributed by atoms with Gasteiger partial charge in [-0.15, -0.1) is 0 Å². The Morgan fingerprint density at radius 3 is 1.04 bits per heavy atom. The SMILES string of the molecule is CCCCCCCCCCCCCCCCC/C=C/[C@@H](O)[C@H](CO[C@@H]1O[C@H](CO)[C@H](O)C(O)C1O)NC(=O)CCCCCCCCCCCCCCCCCCCCCCCCCCCCCCCCCCCCC. The smallest absolute Gasteiger partial charge is 0.220 e. The van der Waals surface area contributed by atoms with Gasteiger partial charge in [0.2, 0.25) is 5.91 Å². The van der Waals surface area contributed by atoms with Crippen LogP contribution < -0.4 is 5.32 Å². The number of carbonyl (C=O) groups is 1. The summed E-state index contributed by atoms with van der Waals surface area (Å²) in [6.07, 6.45) is 64.6. The van der Waals surface area contributed by atoms with Crippen molar-refractivity contribution in [2.24, 2.45) is 0 Å². The lowest BCUT2D eigenvalue weighted by atomic mass is 9.99. The van der Waals surface area contributed by atoms with Crippen molar-refractivity contribution >= 4 is 5.91 Å². The molecule has 0 aromatic heterocycles. The van der Waals surface area contributed by atoms with Crippen molar-refractivity contribution in [3.05, 3.63) is 12.2 Å². The fourth-order valence-corrected chi connectivity index (χ4v) is 11.1. The zero-order chi connectivity index (χ0) is 54.3. The predicted octanol–water partition coefficient (Wildman–Crippen LogP) is 17.5. The second kappa shape index (κ2) is 56.2. The largest absolute Gasteiger partial charge is 0.394 e. The van der Waals surface area contributed by atoms with E-state index in [0.29, 0.717) is 6.42 Å². The molecule has 7 atom stereocenters. The van der Waals surface area contributed by atoms with E-state index in [1.807, 2.05) is 6.08 Å². The molecule has 0 bridgehead atoms. The zero-order valence-corrected chi connectivity index (χ0v) is 49.8. The second-order valence-corrected chi connectivity index (χ2v) is 23.6. The Labute approximate surface area is 465 Å². The molecule has 1 aliphatic rings. The highest BCUT2D eigenvalue weighted by Gasteiger charge is 2.44. The van der Waals surface area contributed by atoms with Gasteiger partial charge in [0.25, 0.3) is 0 Å². The van der Waals surface area contributed by atoms with Crippen LogP contribution in [0.4, 0.5) is 0 Å². The summed E-state index contributed by atoms with van der Waals surface area (Å²) < 4.78 is 11.3. The molecule has 9 heteroatoms. The van der Waals surface area contributed by atoms with Crippen LogP contribution >= 0.6 is 0 Å². The Morgan fingerprint density at radius 1 is 0.440 bits per heavy atom. The van der Waals surface area contributed by atoms with E-state index < -0.39 is 49.5 Å². The lowest BCUT2D eigenvalue weighted by Gasteiger charge is -2.40. The predicted molar refractivity (Wildman–Crippen MR) is 318 cm³/mol. The maximum Gasteiger partial charge on any atom is 0.220 e. The molecule has 1 aliphatic heterocycles. The first-order valence-electron chi connectivity index (χ1n) is 33.4. The van der Waals surface area contributed by atoms with Crippen molar-refractivity contribution < 1.29 is 39.8 Å². The van der Waals surface area contributed by atoms with Crippen molar-refractivity contribution in [1.82, 2.24) is 5.32 Å². The molecule has 0 spiro atoms. The van der Waals surface area contributed by atoms with Crippen molar-refractivity contribution in [2.45, 2.75) is 391 Å². The number of hydrogen-bond donors (Lipinski definition) is 6. The van der Waals surface area contributed by atoms with Crippen LogP contribution in [0.3, 0.4) is 0 Å². The third kappa shape index (κ3) is 45.4. The molecule has 1 amide bonds. The van der Waals surface area contributed by atoms with Gasteiger partial charge in [-0.25, -0.2) is 0 Å². The monoisotopic (exact) mass is 1060 g/mol. The summed E-state index contributed by atoms with van der Waals surface area (Å²) in [4.78, 5) is 13.1. The standard InChI is InChI=1S/C66H129NO8/c1-3-5-7-9-11-13-15-17-19-21-22-23-24-25-26-27-28-29-30-31-32-33-34-35-36-37-38-40-42-44-46-48-50-52-54-56-62(70)67-59(58-74-66-65(73)64(72)63(71)61(57-68)75-66)60(69)55-53-51-49-47-45-43-41-39-20-18-16-14-12-10-8-6-4-2/h53,55,59-61,63-66,68-69,71-73H,3-52,54,56-58H2,1-2H3,(H,67,70)/b55-53+/t59-,60+,61+,63-,64?,65?,66+/m0/s1. The number of unbranched alkanes of at least 4 members (excludes halogenated alkanes) is 49. The molecule has 75 heavy (non-hydrogen) atoms. The molecule has 0 radical (unpaired) electrons. The van der Waals surface area contributed by atoms with Crippen molar-refractivity contribution in [1.29, 1.82) is 0 Å². The second-order valence-electron chi connectivity index (χ2n) is 23.6. The van der Waals surface area contributed by atoms with E-state index in [4.69, 9.17) is 9.47 Å². The number of rotatable bonds is 59. The molecule has 446 valence electrons. The quantitative estimate of drug-likeness (QED) is 0.0261. The molecule has 0 aliphatic carbocycles. The fraction of sp³-hybridized carbons (Fsp3) is 0.955. The molecule has 1 heterocycles. The number of amides is 1. The minimum atomic E-state index is -1.56. The highest BCUT2D eigenvalue weighted by Crippen LogP contribution is 2.23. The fourth-order valence-electron chi connectivity index (χ4n) is 11.1. The van der Waals surface area contributed by atoms with Crippen molar-refractivity contribution in [3.63, 3.8) is 0 Å². The van der Waals surface area contributed by atoms with Gasteiger partial charge < -0.3 is 40.3 Å². The van der Waals surface area contributed by atoms with E-state index in [1.165, 1.54) is 289 Å². The Balaban J connectivity index is 2.07. The lowest BCUT2D eigenvalue weighted by Crippen LogP contribution is -2.60. The lowest BCUT2D eigenvalue weighted by molar-refractivity contribution is -0.302. The van der Waals surface area contributed by atoms with Gasteiger partial charge in [0, 0.05) is 6.42 Å². The van der Waals surface area contributed by atoms with Crippen LogP contribution in [-0.2, 0) is 14.3 Å². The summed E-state index contributed by atoms with van der Waals surface area (Å²) in [5, 5.41) is 54.6. The van der Waals surface area contributed by atoms with Gasteiger partial charge in [-0.3, -0.25) is 4.79 Å². The zero-order valence-electron chi connectivity index (χ0n) is 49.8. The van der Waals surface area contributed by atoms with Gasteiger partial charge in [-0.2, -0.15) is 0 Å². The first-order valence-corrected chi connectivity index (χ1v) is 33.4. The average Bonchev–Trinajstić information content (AvgIpc) is 3.41. The molecule has 9 nitrogen and oxygen atoms in total. The van der Waals surface area contributed by atoms with Gasteiger partial charge >= 0.3 is 0 Å². The third-order valence-electron chi connectivity index (χ3n) is 16.4. The summed E-state index contributed by atoms with van der Waals surface area (Å²) in [5.41, 5.74) is 0. The van der Waals surface area contributed by atoms with E-state index in [0.717, 1.165) is 38.5 Å². The van der Waals surface area contributed by atoms with Crippen LogP contribution in [0.25, 0.3) is 0 Å². The van der Waals surface area contributed by atoms with Crippen LogP contribution in [0.5, 0.6) is 0 Å². The van der Waals surface area contributed by atoms with E-state index >= 15 is 0 Å². The number of aliphatic hydroxyl groups excluding tert-OH is 5. The normalized spacial score (nSPS) is 18.8. The van der Waals surface area contributed by atoms with E-state index in [2.05, 4.69) is 19.2 Å². The molecule has 0 aromatic rings. The summed E-state index contributed by atoms with van der Waals surface area (Å²) in [5.74, 6) is -0.168. The Hall–Kier alpha value is -1.07. The maximum atomic E-state index is 13.1. The van der Waals surface area contributed by atoms with Gasteiger partial charge in [0.1, 0.15) is 24.4 Å². The van der Waals surface area contributed by atoms with Crippen molar-refractivity contribution in [3.8, 4) is 0 Å². The van der Waals surface area contributed by atoms with Gasteiger partial charge in [-0.1, -0.05) is 334 Å². The molecular weight excluding hydrogens is 935 g/mol. The number of allylic oxidation sites excluding steroid dienone is 1. The topological polar surface area (TPSA) is 149 Å². The number of aliphatic hydroxyl groups is 5. The Kier molecular flexibility index (Phi) is 53.9. The van der Waals surface area contributed by atoms with Crippen LogP contribution in [0.2, 0.25) is 0 Å². The van der Waals surface area contributed by atoms with E-state index in [-0.39, 0.29) is 12.5 Å². The molecule has 0 saturated carbocycles. The van der Waals surface area contributed by atoms with E-state index in [1.54, 1.807) is 6.08 Å². The Morgan fingerprint density at radius 2 is 0.733 bits per heavy atom. The van der Waals surface area contributed by atoms with E-state index in [9.17, 15) is 30.3 Å². The average molecular weight is 1060 g/mol. The number of carbonyl (C=O) groups excluding carboxylic acids is 1. The molecule has 1 rings (SSSR count). The number of ether oxygens (including phenoxy) is 2. The van der Waals surface area contributed by atoms with Crippen LogP contribution in [0.15, 0.2) is 12.2 Å². The van der Waals surface area contributed by atoms with Crippen LogP contribution in [-0.4, -0.2) is 87.5 Å². The number of nitrogens with one attached hydrogen (secondary N) is 1. The maximum absolute atomic E-state index is 13.1.